The van der Waals surface area contributed by atoms with Gasteiger partial charge in [-0.05, 0) is 42.7 Å². The van der Waals surface area contributed by atoms with Crippen molar-refractivity contribution in [1.82, 2.24) is 0 Å². The predicted molar refractivity (Wildman–Crippen MR) is 125 cm³/mol. The molecule has 0 unspecified atom stereocenters. The van der Waals surface area contributed by atoms with Crippen LogP contribution in [0, 0.1) is 13.8 Å². The van der Waals surface area contributed by atoms with Gasteiger partial charge in [0.1, 0.15) is 17.2 Å². The number of aryl methyl sites for hydroxylation is 2. The molecule has 0 aromatic heterocycles. The summed E-state index contributed by atoms with van der Waals surface area (Å²) in [6.45, 7) is 3.97. The van der Waals surface area contributed by atoms with Crippen LogP contribution in [0.15, 0.2) is 72.4 Å². The first kappa shape index (κ1) is 21.2. The lowest BCUT2D eigenvalue weighted by Crippen LogP contribution is -2.32. The zero-order chi connectivity index (χ0) is 22.8. The first-order valence-electron chi connectivity index (χ1n) is 10.2. The summed E-state index contributed by atoms with van der Waals surface area (Å²) in [5.41, 5.74) is 4.44. The van der Waals surface area contributed by atoms with Crippen LogP contribution in [0.25, 0.3) is 5.57 Å². The van der Waals surface area contributed by atoms with Crippen LogP contribution in [0.2, 0.25) is 0 Å². The van der Waals surface area contributed by atoms with E-state index >= 15 is 0 Å². The van der Waals surface area contributed by atoms with E-state index in [0.29, 0.717) is 28.3 Å². The smallest absolute Gasteiger partial charge is 0.282 e. The molecule has 1 aliphatic rings. The van der Waals surface area contributed by atoms with Gasteiger partial charge >= 0.3 is 0 Å². The van der Waals surface area contributed by atoms with Gasteiger partial charge in [0.2, 0.25) is 0 Å². The molecule has 6 nitrogen and oxygen atoms in total. The van der Waals surface area contributed by atoms with Crippen molar-refractivity contribution in [2.24, 2.45) is 0 Å². The first-order valence-corrected chi connectivity index (χ1v) is 10.2. The average molecular weight is 428 g/mol. The van der Waals surface area contributed by atoms with Crippen LogP contribution >= 0.6 is 0 Å². The second kappa shape index (κ2) is 8.59. The molecule has 0 radical (unpaired) electrons. The van der Waals surface area contributed by atoms with Crippen molar-refractivity contribution in [2.45, 2.75) is 13.8 Å². The molecular formula is C26H24N2O4. The van der Waals surface area contributed by atoms with Gasteiger partial charge in [0.25, 0.3) is 11.8 Å². The molecule has 4 rings (SSSR count). The third-order valence-corrected chi connectivity index (χ3v) is 5.23. The molecule has 0 atom stereocenters. The SMILES string of the molecule is COc1cc(OC)cc(N2C(=O)C(Nc3cc(C)cc(C)c3)=C(c3ccccc3)C2=O)c1. The van der Waals surface area contributed by atoms with E-state index in [1.165, 1.54) is 14.2 Å². The molecule has 3 aromatic carbocycles. The summed E-state index contributed by atoms with van der Waals surface area (Å²) >= 11 is 0. The van der Waals surface area contributed by atoms with Gasteiger partial charge in [-0.2, -0.15) is 0 Å². The summed E-state index contributed by atoms with van der Waals surface area (Å²) in [7, 11) is 3.04. The Balaban J connectivity index is 1.84. The number of anilines is 2. The minimum Gasteiger partial charge on any atom is -0.497 e. The van der Waals surface area contributed by atoms with Crippen molar-refractivity contribution in [3.63, 3.8) is 0 Å². The Morgan fingerprint density at radius 3 is 1.91 bits per heavy atom. The van der Waals surface area contributed by atoms with Crippen LogP contribution in [-0.4, -0.2) is 26.0 Å². The van der Waals surface area contributed by atoms with E-state index in [4.69, 9.17) is 9.47 Å². The molecule has 0 saturated heterocycles. The van der Waals surface area contributed by atoms with Gasteiger partial charge in [0.05, 0.1) is 25.5 Å². The molecule has 1 N–H and O–H groups in total. The van der Waals surface area contributed by atoms with Crippen molar-refractivity contribution in [1.29, 1.82) is 0 Å². The number of hydrogen-bond donors (Lipinski definition) is 1. The summed E-state index contributed by atoms with van der Waals surface area (Å²) in [4.78, 5) is 28.3. The Hall–Kier alpha value is -4.06. The number of hydrogen-bond acceptors (Lipinski definition) is 5. The number of carbonyl (C=O) groups is 2. The molecule has 3 aromatic rings. The highest BCUT2D eigenvalue weighted by atomic mass is 16.5. The van der Waals surface area contributed by atoms with Crippen LogP contribution < -0.4 is 19.7 Å². The van der Waals surface area contributed by atoms with Crippen molar-refractivity contribution < 1.29 is 19.1 Å². The molecule has 1 heterocycles. The fourth-order valence-corrected chi connectivity index (χ4v) is 3.87. The second-order valence-electron chi connectivity index (χ2n) is 7.63. The van der Waals surface area contributed by atoms with Crippen molar-refractivity contribution in [3.05, 3.63) is 89.1 Å². The van der Waals surface area contributed by atoms with Gasteiger partial charge in [-0.1, -0.05) is 36.4 Å². The molecule has 32 heavy (non-hydrogen) atoms. The van der Waals surface area contributed by atoms with Crippen molar-refractivity contribution >= 4 is 28.8 Å². The first-order chi connectivity index (χ1) is 15.4. The largest absolute Gasteiger partial charge is 0.497 e. The normalized spacial score (nSPS) is 13.6. The van der Waals surface area contributed by atoms with Crippen molar-refractivity contribution in [2.75, 3.05) is 24.4 Å². The third-order valence-electron chi connectivity index (χ3n) is 5.23. The third kappa shape index (κ3) is 3.95. The van der Waals surface area contributed by atoms with Crippen molar-refractivity contribution in [3.8, 4) is 11.5 Å². The van der Waals surface area contributed by atoms with E-state index in [0.717, 1.165) is 21.7 Å². The minimum absolute atomic E-state index is 0.230. The summed E-state index contributed by atoms with van der Waals surface area (Å²) in [6, 6.07) is 20.1. The number of ether oxygens (including phenoxy) is 2. The van der Waals surface area contributed by atoms with Crippen LogP contribution in [0.5, 0.6) is 11.5 Å². The number of carbonyl (C=O) groups excluding carboxylic acids is 2. The van der Waals surface area contributed by atoms with E-state index in [1.54, 1.807) is 18.2 Å². The summed E-state index contributed by atoms with van der Waals surface area (Å²) < 4.78 is 10.7. The maximum absolute atomic E-state index is 13.6. The van der Waals surface area contributed by atoms with Gasteiger partial charge < -0.3 is 14.8 Å². The Morgan fingerprint density at radius 1 is 0.750 bits per heavy atom. The summed E-state index contributed by atoms with van der Waals surface area (Å²) in [5.74, 6) is 0.112. The van der Waals surface area contributed by atoms with Gasteiger partial charge in [-0.15, -0.1) is 0 Å². The summed E-state index contributed by atoms with van der Waals surface area (Å²) in [6.07, 6.45) is 0. The van der Waals surface area contributed by atoms with E-state index in [-0.39, 0.29) is 5.70 Å². The molecule has 0 bridgehead atoms. The fourth-order valence-electron chi connectivity index (χ4n) is 3.87. The lowest BCUT2D eigenvalue weighted by molar-refractivity contribution is -0.120. The fraction of sp³-hybridized carbons (Fsp3) is 0.154. The topological polar surface area (TPSA) is 67.9 Å². The lowest BCUT2D eigenvalue weighted by atomic mass is 10.0. The van der Waals surface area contributed by atoms with Crippen LogP contribution in [0.4, 0.5) is 11.4 Å². The Morgan fingerprint density at radius 2 is 1.34 bits per heavy atom. The van der Waals surface area contributed by atoms with E-state index in [1.807, 2.05) is 62.4 Å². The molecule has 162 valence electrons. The van der Waals surface area contributed by atoms with E-state index in [2.05, 4.69) is 5.32 Å². The number of amides is 2. The quantitative estimate of drug-likeness (QED) is 0.576. The lowest BCUT2D eigenvalue weighted by Gasteiger charge is -2.17. The molecule has 2 amide bonds. The zero-order valence-electron chi connectivity index (χ0n) is 18.4. The number of imide groups is 1. The Labute approximate surface area is 187 Å². The van der Waals surface area contributed by atoms with Gasteiger partial charge in [-0.3, -0.25) is 9.59 Å². The number of methoxy groups -OCH3 is 2. The number of nitrogens with one attached hydrogen (secondary N) is 1. The molecule has 1 aliphatic heterocycles. The number of nitrogens with zero attached hydrogens (tertiary/aromatic N) is 1. The molecule has 0 aliphatic carbocycles. The van der Waals surface area contributed by atoms with Crippen LogP contribution in [-0.2, 0) is 9.59 Å². The molecule has 6 heteroatoms. The number of rotatable bonds is 6. The Bertz CT molecular complexity index is 1190. The zero-order valence-corrected chi connectivity index (χ0v) is 18.4. The highest BCUT2D eigenvalue weighted by Gasteiger charge is 2.40. The van der Waals surface area contributed by atoms with E-state index in [9.17, 15) is 9.59 Å². The number of benzene rings is 3. The predicted octanol–water partition coefficient (Wildman–Crippen LogP) is 4.72. The molecule has 0 fully saturated rings. The van der Waals surface area contributed by atoms with E-state index < -0.39 is 11.8 Å². The minimum atomic E-state index is -0.441. The summed E-state index contributed by atoms with van der Waals surface area (Å²) in [5, 5.41) is 3.21. The van der Waals surface area contributed by atoms with Crippen LogP contribution in [0.3, 0.4) is 0 Å². The highest BCUT2D eigenvalue weighted by Crippen LogP contribution is 2.37. The molecule has 0 saturated carbocycles. The van der Waals surface area contributed by atoms with Gasteiger partial charge in [-0.25, -0.2) is 4.90 Å². The monoisotopic (exact) mass is 428 g/mol. The maximum Gasteiger partial charge on any atom is 0.282 e. The van der Waals surface area contributed by atoms with Gasteiger partial charge in [0, 0.05) is 23.9 Å². The Kier molecular flexibility index (Phi) is 5.69. The second-order valence-corrected chi connectivity index (χ2v) is 7.63. The standard InChI is InChI=1S/C26H24N2O4/c1-16-10-17(2)12-19(11-16)27-24-23(18-8-6-5-7-9-18)25(29)28(26(24)30)20-13-21(31-3)15-22(14-20)32-4/h5-15,27H,1-4H3. The molecular weight excluding hydrogens is 404 g/mol. The van der Waals surface area contributed by atoms with Crippen LogP contribution in [0.1, 0.15) is 16.7 Å². The molecule has 0 spiro atoms. The highest BCUT2D eigenvalue weighted by molar-refractivity contribution is 6.46. The van der Waals surface area contributed by atoms with Gasteiger partial charge in [0.15, 0.2) is 0 Å². The maximum atomic E-state index is 13.6. The average Bonchev–Trinajstić information content (AvgIpc) is 3.02.